The molecule has 0 bridgehead atoms. The molecule has 0 fully saturated rings. The standard InChI is InChI=1S/C21H19BrN6O3/c1-3-27-18(16(22)12-24-27)20(29)26-14-7-5-6-13(10-14)17-8-9-23-19-15(11-25-28(17)19)21(30)31-4-2/h5-12H,3-4H2,1-2H3,(H,26,29). The summed E-state index contributed by atoms with van der Waals surface area (Å²) >= 11 is 3.37. The fraction of sp³-hybridized carbons (Fsp3) is 0.190. The average Bonchev–Trinajstić information content (AvgIpc) is 3.37. The van der Waals surface area contributed by atoms with E-state index >= 15 is 0 Å². The number of carbonyl (C=O) groups excluding carboxylic acids is 2. The Balaban J connectivity index is 1.67. The van der Waals surface area contributed by atoms with Gasteiger partial charge >= 0.3 is 5.97 Å². The van der Waals surface area contributed by atoms with Crippen molar-refractivity contribution in [2.75, 3.05) is 11.9 Å². The highest BCUT2D eigenvalue weighted by Gasteiger charge is 2.19. The monoisotopic (exact) mass is 482 g/mol. The number of ether oxygens (including phenoxy) is 1. The molecule has 31 heavy (non-hydrogen) atoms. The summed E-state index contributed by atoms with van der Waals surface area (Å²) in [7, 11) is 0. The molecule has 0 aliphatic rings. The number of rotatable bonds is 6. The van der Waals surface area contributed by atoms with E-state index in [1.54, 1.807) is 40.6 Å². The van der Waals surface area contributed by atoms with Crippen LogP contribution in [0.3, 0.4) is 0 Å². The second-order valence-electron chi connectivity index (χ2n) is 6.54. The molecule has 0 aliphatic heterocycles. The topological polar surface area (TPSA) is 103 Å². The number of nitrogens with zero attached hydrogens (tertiary/aromatic N) is 5. The molecule has 0 atom stereocenters. The summed E-state index contributed by atoms with van der Waals surface area (Å²) in [4.78, 5) is 29.2. The molecule has 0 spiro atoms. The lowest BCUT2D eigenvalue weighted by atomic mass is 10.1. The summed E-state index contributed by atoms with van der Waals surface area (Å²) in [5, 5.41) is 11.4. The van der Waals surface area contributed by atoms with Crippen molar-refractivity contribution in [2.45, 2.75) is 20.4 Å². The second kappa shape index (κ2) is 8.68. The third-order valence-corrected chi connectivity index (χ3v) is 5.20. The number of carbonyl (C=O) groups is 2. The summed E-state index contributed by atoms with van der Waals surface area (Å²) in [6.07, 6.45) is 4.65. The van der Waals surface area contributed by atoms with Crippen molar-refractivity contribution in [1.29, 1.82) is 0 Å². The van der Waals surface area contributed by atoms with E-state index in [4.69, 9.17) is 4.74 Å². The van der Waals surface area contributed by atoms with Gasteiger partial charge in [0.25, 0.3) is 5.91 Å². The molecule has 0 saturated heterocycles. The van der Waals surface area contributed by atoms with Gasteiger partial charge in [0, 0.05) is 24.0 Å². The number of nitrogens with one attached hydrogen (secondary N) is 1. The van der Waals surface area contributed by atoms with E-state index in [1.165, 1.54) is 6.20 Å². The van der Waals surface area contributed by atoms with Crippen LogP contribution in [0.25, 0.3) is 16.9 Å². The smallest absolute Gasteiger partial charge is 0.343 e. The molecule has 10 heteroatoms. The number of anilines is 1. The van der Waals surface area contributed by atoms with Gasteiger partial charge in [0.05, 0.1) is 29.2 Å². The Morgan fingerprint density at radius 3 is 2.77 bits per heavy atom. The predicted octanol–water partition coefficient (Wildman–Crippen LogP) is 3.80. The van der Waals surface area contributed by atoms with Gasteiger partial charge in [0.1, 0.15) is 11.3 Å². The Morgan fingerprint density at radius 2 is 2.00 bits per heavy atom. The number of hydrogen-bond acceptors (Lipinski definition) is 6. The molecule has 3 aromatic heterocycles. The number of aryl methyl sites for hydroxylation is 1. The number of aromatic nitrogens is 5. The van der Waals surface area contributed by atoms with E-state index in [2.05, 4.69) is 36.4 Å². The van der Waals surface area contributed by atoms with Gasteiger partial charge in [-0.25, -0.2) is 14.3 Å². The van der Waals surface area contributed by atoms with Crippen LogP contribution < -0.4 is 5.32 Å². The van der Waals surface area contributed by atoms with Crippen LogP contribution in [-0.2, 0) is 11.3 Å². The van der Waals surface area contributed by atoms with Crippen LogP contribution in [0.4, 0.5) is 5.69 Å². The van der Waals surface area contributed by atoms with E-state index in [0.717, 1.165) is 11.3 Å². The first-order valence-electron chi connectivity index (χ1n) is 9.66. The van der Waals surface area contributed by atoms with Crippen LogP contribution >= 0.6 is 15.9 Å². The largest absolute Gasteiger partial charge is 0.462 e. The first-order chi connectivity index (χ1) is 15.0. The number of halogens is 1. The molecule has 0 unspecified atom stereocenters. The van der Waals surface area contributed by atoms with E-state index in [1.807, 2.05) is 25.1 Å². The zero-order valence-corrected chi connectivity index (χ0v) is 18.5. The molecule has 0 saturated carbocycles. The normalized spacial score (nSPS) is 10.9. The maximum absolute atomic E-state index is 12.8. The van der Waals surface area contributed by atoms with Gasteiger partial charge in [-0.1, -0.05) is 12.1 Å². The van der Waals surface area contributed by atoms with E-state index in [9.17, 15) is 9.59 Å². The molecule has 1 N–H and O–H groups in total. The molecule has 0 aliphatic carbocycles. The third-order valence-electron chi connectivity index (χ3n) is 4.62. The minimum atomic E-state index is -0.471. The fourth-order valence-corrected chi connectivity index (χ4v) is 3.71. The average molecular weight is 483 g/mol. The summed E-state index contributed by atoms with van der Waals surface area (Å²) < 4.78 is 8.90. The van der Waals surface area contributed by atoms with Crippen molar-refractivity contribution in [2.24, 2.45) is 0 Å². The Morgan fingerprint density at radius 1 is 1.16 bits per heavy atom. The van der Waals surface area contributed by atoms with Crippen LogP contribution in [0.1, 0.15) is 34.7 Å². The minimum Gasteiger partial charge on any atom is -0.462 e. The number of hydrogen-bond donors (Lipinski definition) is 1. The van der Waals surface area contributed by atoms with Gasteiger partial charge < -0.3 is 10.1 Å². The van der Waals surface area contributed by atoms with Gasteiger partial charge in [-0.15, -0.1) is 0 Å². The van der Waals surface area contributed by atoms with Crippen molar-refractivity contribution in [3.63, 3.8) is 0 Å². The number of amides is 1. The molecule has 9 nitrogen and oxygen atoms in total. The molecule has 4 rings (SSSR count). The summed E-state index contributed by atoms with van der Waals surface area (Å²) in [5.41, 5.74) is 3.28. The van der Waals surface area contributed by atoms with Gasteiger partial charge in [0.15, 0.2) is 5.65 Å². The Hall–Kier alpha value is -3.53. The molecule has 158 valence electrons. The molecule has 4 aromatic rings. The fourth-order valence-electron chi connectivity index (χ4n) is 3.24. The summed E-state index contributed by atoms with van der Waals surface area (Å²) in [6.45, 7) is 4.50. The SMILES string of the molecule is CCOC(=O)c1cnn2c(-c3cccc(NC(=O)c4c(Br)cnn4CC)c3)ccnc12. The molecule has 3 heterocycles. The number of benzene rings is 1. The van der Waals surface area contributed by atoms with Gasteiger partial charge in [-0.05, 0) is 48.0 Å². The van der Waals surface area contributed by atoms with E-state index in [0.29, 0.717) is 33.6 Å². The lowest BCUT2D eigenvalue weighted by Gasteiger charge is -2.10. The number of esters is 1. The highest BCUT2D eigenvalue weighted by atomic mass is 79.9. The van der Waals surface area contributed by atoms with Crippen LogP contribution in [0.2, 0.25) is 0 Å². The van der Waals surface area contributed by atoms with Crippen LogP contribution in [0.15, 0.2) is 53.4 Å². The van der Waals surface area contributed by atoms with Crippen molar-refractivity contribution in [3.8, 4) is 11.3 Å². The minimum absolute atomic E-state index is 0.269. The molecular formula is C21H19BrN6O3. The Bertz CT molecular complexity index is 1280. The van der Waals surface area contributed by atoms with Crippen LogP contribution in [0, 0.1) is 0 Å². The maximum atomic E-state index is 12.8. The molecule has 1 aromatic carbocycles. The quantitative estimate of drug-likeness (QED) is 0.419. The summed E-state index contributed by atoms with van der Waals surface area (Å²) in [6, 6.07) is 9.15. The van der Waals surface area contributed by atoms with E-state index < -0.39 is 5.97 Å². The van der Waals surface area contributed by atoms with Crippen molar-refractivity contribution in [1.82, 2.24) is 24.4 Å². The van der Waals surface area contributed by atoms with Crippen molar-refractivity contribution >= 4 is 39.1 Å². The summed E-state index contributed by atoms with van der Waals surface area (Å²) in [5.74, 6) is -0.742. The van der Waals surface area contributed by atoms with Gasteiger partial charge in [-0.3, -0.25) is 9.48 Å². The predicted molar refractivity (Wildman–Crippen MR) is 118 cm³/mol. The van der Waals surface area contributed by atoms with Crippen LogP contribution in [-0.4, -0.2) is 42.9 Å². The highest BCUT2D eigenvalue weighted by molar-refractivity contribution is 9.10. The maximum Gasteiger partial charge on any atom is 0.343 e. The Kier molecular flexibility index (Phi) is 5.81. The molecule has 0 radical (unpaired) electrons. The van der Waals surface area contributed by atoms with Crippen molar-refractivity contribution in [3.05, 3.63) is 64.7 Å². The first kappa shape index (κ1) is 20.7. The Labute approximate surface area is 186 Å². The molecule has 1 amide bonds. The van der Waals surface area contributed by atoms with E-state index in [-0.39, 0.29) is 12.5 Å². The van der Waals surface area contributed by atoms with Crippen LogP contribution in [0.5, 0.6) is 0 Å². The highest BCUT2D eigenvalue weighted by Crippen LogP contribution is 2.25. The lowest BCUT2D eigenvalue weighted by Crippen LogP contribution is -2.18. The first-order valence-corrected chi connectivity index (χ1v) is 10.5. The zero-order chi connectivity index (χ0) is 22.0. The molecular weight excluding hydrogens is 464 g/mol. The second-order valence-corrected chi connectivity index (χ2v) is 7.39. The van der Waals surface area contributed by atoms with Crippen molar-refractivity contribution < 1.29 is 14.3 Å². The number of fused-ring (bicyclic) bond motifs is 1. The van der Waals surface area contributed by atoms with Gasteiger partial charge in [0.2, 0.25) is 0 Å². The lowest BCUT2D eigenvalue weighted by molar-refractivity contribution is 0.0528. The van der Waals surface area contributed by atoms with Gasteiger partial charge in [-0.2, -0.15) is 10.2 Å². The zero-order valence-electron chi connectivity index (χ0n) is 16.9. The third kappa shape index (κ3) is 3.93.